The van der Waals surface area contributed by atoms with Crippen molar-refractivity contribution in [2.45, 2.75) is 26.4 Å². The first-order chi connectivity index (χ1) is 7.65. The molecule has 86 valence electrons. The third kappa shape index (κ3) is 2.42. The van der Waals surface area contributed by atoms with Gasteiger partial charge in [0.1, 0.15) is 5.82 Å². The van der Waals surface area contributed by atoms with Gasteiger partial charge in [0, 0.05) is 43.7 Å². The molecule has 1 N–H and O–H groups in total. The third-order valence-corrected chi connectivity index (χ3v) is 2.37. The zero-order valence-corrected chi connectivity index (χ0v) is 9.88. The van der Waals surface area contributed by atoms with Gasteiger partial charge >= 0.3 is 0 Å². The minimum absolute atomic E-state index is 0.406. The molecule has 2 rings (SSSR count). The van der Waals surface area contributed by atoms with E-state index in [0.717, 1.165) is 12.4 Å². The molecule has 2 aromatic heterocycles. The predicted molar refractivity (Wildman–Crippen MR) is 63.1 cm³/mol. The Balaban J connectivity index is 1.94. The first kappa shape index (κ1) is 10.7. The first-order valence-electron chi connectivity index (χ1n) is 5.41. The lowest BCUT2D eigenvalue weighted by Gasteiger charge is -2.03. The van der Waals surface area contributed by atoms with E-state index in [0.29, 0.717) is 6.04 Å². The van der Waals surface area contributed by atoms with Crippen LogP contribution in [0.5, 0.6) is 0 Å². The van der Waals surface area contributed by atoms with Crippen LogP contribution in [0.15, 0.2) is 24.7 Å². The van der Waals surface area contributed by atoms with Gasteiger partial charge in [-0.15, -0.1) is 0 Å². The molecule has 2 heterocycles. The molecule has 0 fully saturated rings. The van der Waals surface area contributed by atoms with Gasteiger partial charge in [-0.1, -0.05) is 0 Å². The fourth-order valence-corrected chi connectivity index (χ4v) is 1.45. The van der Waals surface area contributed by atoms with Crippen molar-refractivity contribution >= 4 is 5.82 Å². The number of aryl methyl sites for hydroxylation is 1. The molecule has 0 bridgehead atoms. The van der Waals surface area contributed by atoms with E-state index < -0.39 is 0 Å². The SMILES string of the molecule is CC(C)n1cc(CNc2ccn(C)n2)cn1. The second-order valence-electron chi connectivity index (χ2n) is 4.15. The number of aromatic nitrogens is 4. The van der Waals surface area contributed by atoms with E-state index in [9.17, 15) is 0 Å². The summed E-state index contributed by atoms with van der Waals surface area (Å²) in [6.07, 6.45) is 5.86. The quantitative estimate of drug-likeness (QED) is 0.853. The van der Waals surface area contributed by atoms with Crippen LogP contribution in [0, 0.1) is 0 Å². The summed E-state index contributed by atoms with van der Waals surface area (Å²) in [4.78, 5) is 0. The summed E-state index contributed by atoms with van der Waals surface area (Å²) in [5.41, 5.74) is 1.17. The zero-order chi connectivity index (χ0) is 11.5. The number of rotatable bonds is 4. The molecule has 0 aliphatic rings. The summed E-state index contributed by atoms with van der Waals surface area (Å²) in [5, 5.41) is 11.8. The lowest BCUT2D eigenvalue weighted by Crippen LogP contribution is -2.01. The van der Waals surface area contributed by atoms with Crippen molar-refractivity contribution in [1.29, 1.82) is 0 Å². The van der Waals surface area contributed by atoms with Crippen molar-refractivity contribution in [1.82, 2.24) is 19.6 Å². The van der Waals surface area contributed by atoms with Crippen molar-refractivity contribution in [3.63, 3.8) is 0 Å². The van der Waals surface area contributed by atoms with E-state index >= 15 is 0 Å². The van der Waals surface area contributed by atoms with Crippen LogP contribution in [-0.4, -0.2) is 19.6 Å². The summed E-state index contributed by atoms with van der Waals surface area (Å²) < 4.78 is 3.73. The molecule has 0 saturated carbocycles. The predicted octanol–water partition coefficient (Wildman–Crippen LogP) is 1.81. The number of anilines is 1. The van der Waals surface area contributed by atoms with Gasteiger partial charge in [-0.05, 0) is 13.8 Å². The van der Waals surface area contributed by atoms with Crippen molar-refractivity contribution in [3.8, 4) is 0 Å². The van der Waals surface area contributed by atoms with Crippen LogP contribution < -0.4 is 5.32 Å². The normalized spacial score (nSPS) is 11.0. The number of nitrogens with one attached hydrogen (secondary N) is 1. The standard InChI is InChI=1S/C11H17N5/c1-9(2)16-8-10(7-13-16)6-12-11-4-5-15(3)14-11/h4-5,7-9H,6H2,1-3H3,(H,12,14). The van der Waals surface area contributed by atoms with Crippen molar-refractivity contribution in [2.75, 3.05) is 5.32 Å². The second kappa shape index (κ2) is 4.38. The maximum absolute atomic E-state index is 4.28. The summed E-state index contributed by atoms with van der Waals surface area (Å²) in [6.45, 7) is 4.98. The Morgan fingerprint density at radius 3 is 2.81 bits per heavy atom. The van der Waals surface area contributed by atoms with E-state index in [2.05, 4.69) is 35.6 Å². The first-order valence-corrected chi connectivity index (χ1v) is 5.41. The highest BCUT2D eigenvalue weighted by molar-refractivity contribution is 5.33. The molecule has 2 aromatic rings. The summed E-state index contributed by atoms with van der Waals surface area (Å²) in [5.74, 6) is 0.889. The van der Waals surface area contributed by atoms with E-state index in [4.69, 9.17) is 0 Å². The van der Waals surface area contributed by atoms with Gasteiger partial charge in [0.2, 0.25) is 0 Å². The highest BCUT2D eigenvalue weighted by atomic mass is 15.3. The van der Waals surface area contributed by atoms with Gasteiger partial charge < -0.3 is 5.32 Å². The Labute approximate surface area is 95.1 Å². The summed E-state index contributed by atoms with van der Waals surface area (Å²) in [7, 11) is 1.90. The fourth-order valence-electron chi connectivity index (χ4n) is 1.45. The molecule has 0 atom stereocenters. The molecular formula is C11H17N5. The van der Waals surface area contributed by atoms with Crippen LogP contribution in [0.4, 0.5) is 5.82 Å². The highest BCUT2D eigenvalue weighted by Crippen LogP contribution is 2.08. The Kier molecular flexibility index (Phi) is 2.94. The molecule has 0 unspecified atom stereocenters. The van der Waals surface area contributed by atoms with E-state index in [-0.39, 0.29) is 0 Å². The fraction of sp³-hybridized carbons (Fsp3) is 0.455. The largest absolute Gasteiger partial charge is 0.364 e. The van der Waals surface area contributed by atoms with Crippen LogP contribution in [0.2, 0.25) is 0 Å². The second-order valence-corrected chi connectivity index (χ2v) is 4.15. The maximum Gasteiger partial charge on any atom is 0.148 e. The van der Waals surface area contributed by atoms with Crippen molar-refractivity contribution < 1.29 is 0 Å². The van der Waals surface area contributed by atoms with Crippen molar-refractivity contribution in [3.05, 3.63) is 30.2 Å². The minimum atomic E-state index is 0.406. The van der Waals surface area contributed by atoms with E-state index in [1.165, 1.54) is 5.56 Å². The Bertz CT molecular complexity index is 454. The number of nitrogens with zero attached hydrogens (tertiary/aromatic N) is 4. The lowest BCUT2D eigenvalue weighted by atomic mass is 10.3. The molecule has 0 radical (unpaired) electrons. The third-order valence-electron chi connectivity index (χ3n) is 2.37. The summed E-state index contributed by atoms with van der Waals surface area (Å²) in [6, 6.07) is 2.36. The highest BCUT2D eigenvalue weighted by Gasteiger charge is 2.02. The lowest BCUT2D eigenvalue weighted by molar-refractivity contribution is 0.532. The molecule has 5 heteroatoms. The van der Waals surface area contributed by atoms with Crippen molar-refractivity contribution in [2.24, 2.45) is 7.05 Å². The molecule has 16 heavy (non-hydrogen) atoms. The Hall–Kier alpha value is -1.78. The van der Waals surface area contributed by atoms with Gasteiger partial charge in [-0.2, -0.15) is 10.2 Å². The van der Waals surface area contributed by atoms with Gasteiger partial charge in [-0.3, -0.25) is 9.36 Å². The van der Waals surface area contributed by atoms with Gasteiger partial charge in [0.25, 0.3) is 0 Å². The topological polar surface area (TPSA) is 47.7 Å². The van der Waals surface area contributed by atoms with Crippen LogP contribution in [-0.2, 0) is 13.6 Å². The molecule has 5 nitrogen and oxygen atoms in total. The molecule has 0 aromatic carbocycles. The van der Waals surface area contributed by atoms with Gasteiger partial charge in [0.15, 0.2) is 0 Å². The molecular weight excluding hydrogens is 202 g/mol. The summed E-state index contributed by atoms with van der Waals surface area (Å²) >= 11 is 0. The Morgan fingerprint density at radius 2 is 2.25 bits per heavy atom. The molecule has 0 aliphatic carbocycles. The van der Waals surface area contributed by atoms with Crippen LogP contribution in [0.25, 0.3) is 0 Å². The molecule has 0 amide bonds. The average Bonchev–Trinajstić information content (AvgIpc) is 2.83. The maximum atomic E-state index is 4.28. The number of hydrogen-bond acceptors (Lipinski definition) is 3. The average molecular weight is 219 g/mol. The van der Waals surface area contributed by atoms with E-state index in [1.807, 2.05) is 30.2 Å². The van der Waals surface area contributed by atoms with Gasteiger partial charge in [-0.25, -0.2) is 0 Å². The molecule has 0 spiro atoms. The monoisotopic (exact) mass is 219 g/mol. The smallest absolute Gasteiger partial charge is 0.148 e. The van der Waals surface area contributed by atoms with Gasteiger partial charge in [0.05, 0.1) is 6.20 Å². The zero-order valence-electron chi connectivity index (χ0n) is 9.88. The molecule has 0 saturated heterocycles. The van der Waals surface area contributed by atoms with Crippen LogP contribution in [0.1, 0.15) is 25.5 Å². The van der Waals surface area contributed by atoms with E-state index in [1.54, 1.807) is 4.68 Å². The van der Waals surface area contributed by atoms with Crippen LogP contribution in [0.3, 0.4) is 0 Å². The number of hydrogen-bond donors (Lipinski definition) is 1. The Morgan fingerprint density at radius 1 is 1.44 bits per heavy atom. The molecule has 0 aliphatic heterocycles. The minimum Gasteiger partial charge on any atom is -0.364 e. The van der Waals surface area contributed by atoms with Crippen LogP contribution >= 0.6 is 0 Å².